The molecule has 1 aromatic heterocycles. The van der Waals surface area contributed by atoms with Crippen LogP contribution in [0, 0.1) is 19.8 Å². The van der Waals surface area contributed by atoms with Crippen molar-refractivity contribution in [1.82, 2.24) is 4.90 Å². The number of piperidine rings is 1. The highest BCUT2D eigenvalue weighted by molar-refractivity contribution is 5.96. The molecule has 1 aliphatic heterocycles. The van der Waals surface area contributed by atoms with Gasteiger partial charge in [-0.15, -0.1) is 0 Å². The Bertz CT molecular complexity index is 775. The summed E-state index contributed by atoms with van der Waals surface area (Å²) in [6, 6.07) is 7.89. The highest BCUT2D eigenvalue weighted by Gasteiger charge is 2.31. The maximum Gasteiger partial charge on any atom is 0.257 e. The molecule has 2 heterocycles. The molecule has 0 radical (unpaired) electrons. The molecule has 1 aromatic carbocycles. The van der Waals surface area contributed by atoms with Crippen molar-refractivity contribution in [2.45, 2.75) is 33.6 Å². The van der Waals surface area contributed by atoms with E-state index in [1.165, 1.54) is 12.5 Å². The van der Waals surface area contributed by atoms with Crippen molar-refractivity contribution >= 4 is 17.5 Å². The zero-order chi connectivity index (χ0) is 18.7. The SMILES string of the molecule is CCN(C(=O)C1CCN(C(=O)c2ccoc2)CC1)c1cc(C)ccc1C. The van der Waals surface area contributed by atoms with Gasteiger partial charge in [-0.25, -0.2) is 0 Å². The van der Waals surface area contributed by atoms with E-state index in [0.29, 0.717) is 38.0 Å². The van der Waals surface area contributed by atoms with Crippen LogP contribution in [-0.2, 0) is 4.79 Å². The second-order valence-corrected chi connectivity index (χ2v) is 6.95. The number of aryl methyl sites for hydroxylation is 2. The van der Waals surface area contributed by atoms with Gasteiger partial charge >= 0.3 is 0 Å². The molecular weight excluding hydrogens is 328 g/mol. The Hall–Kier alpha value is -2.56. The first-order valence-corrected chi connectivity index (χ1v) is 9.21. The summed E-state index contributed by atoms with van der Waals surface area (Å²) in [4.78, 5) is 29.2. The van der Waals surface area contributed by atoms with Crippen molar-refractivity contribution in [3.05, 3.63) is 53.5 Å². The fraction of sp³-hybridized carbons (Fsp3) is 0.429. The Morgan fingerprint density at radius 1 is 1.19 bits per heavy atom. The van der Waals surface area contributed by atoms with E-state index in [9.17, 15) is 9.59 Å². The second-order valence-electron chi connectivity index (χ2n) is 6.95. The monoisotopic (exact) mass is 354 g/mol. The van der Waals surface area contributed by atoms with Crippen LogP contribution in [-0.4, -0.2) is 36.3 Å². The number of carbonyl (C=O) groups excluding carboxylic acids is 2. The first kappa shape index (κ1) is 18.2. The molecule has 0 N–H and O–H groups in total. The standard InChI is InChI=1S/C21H26N2O3/c1-4-23(19-13-15(2)5-6-16(19)3)21(25)17-7-10-22(11-8-17)20(24)18-9-12-26-14-18/h5-6,9,12-14,17H,4,7-8,10-11H2,1-3H3. The minimum atomic E-state index is -0.0386. The summed E-state index contributed by atoms with van der Waals surface area (Å²) in [6.45, 7) is 7.95. The van der Waals surface area contributed by atoms with Crippen LogP contribution < -0.4 is 4.90 Å². The van der Waals surface area contributed by atoms with Gasteiger partial charge in [0.15, 0.2) is 0 Å². The maximum atomic E-state index is 13.1. The molecular formula is C21H26N2O3. The molecule has 5 heteroatoms. The Kier molecular flexibility index (Phi) is 5.45. The lowest BCUT2D eigenvalue weighted by Gasteiger charge is -2.34. The van der Waals surface area contributed by atoms with E-state index in [2.05, 4.69) is 18.2 Å². The number of amides is 2. The highest BCUT2D eigenvalue weighted by atomic mass is 16.3. The first-order chi connectivity index (χ1) is 12.5. The van der Waals surface area contributed by atoms with Crippen molar-refractivity contribution < 1.29 is 14.0 Å². The topological polar surface area (TPSA) is 53.8 Å². The average molecular weight is 354 g/mol. The molecule has 2 amide bonds. The number of rotatable bonds is 4. The molecule has 138 valence electrons. The second kappa shape index (κ2) is 7.77. The molecule has 1 aliphatic rings. The Morgan fingerprint density at radius 3 is 2.54 bits per heavy atom. The van der Waals surface area contributed by atoms with Crippen LogP contribution in [0.3, 0.4) is 0 Å². The quantitative estimate of drug-likeness (QED) is 0.839. The van der Waals surface area contributed by atoms with Crippen molar-refractivity contribution in [3.63, 3.8) is 0 Å². The van der Waals surface area contributed by atoms with Crippen LogP contribution in [0.15, 0.2) is 41.2 Å². The van der Waals surface area contributed by atoms with Gasteiger partial charge in [-0.3, -0.25) is 9.59 Å². The molecule has 0 atom stereocenters. The predicted molar refractivity (Wildman–Crippen MR) is 101 cm³/mol. The number of anilines is 1. The number of likely N-dealkylation sites (tertiary alicyclic amines) is 1. The normalized spacial score (nSPS) is 15.1. The smallest absolute Gasteiger partial charge is 0.257 e. The van der Waals surface area contributed by atoms with Crippen LogP contribution in [0.5, 0.6) is 0 Å². The lowest BCUT2D eigenvalue weighted by molar-refractivity contribution is -0.123. The number of nitrogens with zero attached hydrogens (tertiary/aromatic N) is 2. The third-order valence-corrected chi connectivity index (χ3v) is 5.14. The molecule has 0 aliphatic carbocycles. The lowest BCUT2D eigenvalue weighted by Crippen LogP contribution is -2.44. The molecule has 26 heavy (non-hydrogen) atoms. The van der Waals surface area contributed by atoms with E-state index in [-0.39, 0.29) is 17.7 Å². The zero-order valence-corrected chi connectivity index (χ0v) is 15.7. The van der Waals surface area contributed by atoms with E-state index in [1.54, 1.807) is 6.07 Å². The van der Waals surface area contributed by atoms with Crippen molar-refractivity contribution in [1.29, 1.82) is 0 Å². The van der Waals surface area contributed by atoms with E-state index in [0.717, 1.165) is 16.8 Å². The van der Waals surface area contributed by atoms with Gasteiger partial charge in [-0.05, 0) is 56.9 Å². The van der Waals surface area contributed by atoms with Gasteiger partial charge in [0.25, 0.3) is 5.91 Å². The Labute approximate surface area is 154 Å². The third kappa shape index (κ3) is 3.66. The average Bonchev–Trinajstić information content (AvgIpc) is 3.19. The first-order valence-electron chi connectivity index (χ1n) is 9.21. The van der Waals surface area contributed by atoms with Crippen molar-refractivity contribution in [2.24, 2.45) is 5.92 Å². The molecule has 0 spiro atoms. The van der Waals surface area contributed by atoms with E-state index < -0.39 is 0 Å². The van der Waals surface area contributed by atoms with Gasteiger partial charge in [-0.1, -0.05) is 12.1 Å². The molecule has 3 rings (SSSR count). The van der Waals surface area contributed by atoms with Gasteiger partial charge in [-0.2, -0.15) is 0 Å². The van der Waals surface area contributed by atoms with Gasteiger partial charge in [0, 0.05) is 31.2 Å². The molecule has 1 saturated heterocycles. The molecule has 0 saturated carbocycles. The number of hydrogen-bond acceptors (Lipinski definition) is 3. The molecule has 5 nitrogen and oxygen atoms in total. The maximum absolute atomic E-state index is 13.1. The molecule has 0 unspecified atom stereocenters. The summed E-state index contributed by atoms with van der Waals surface area (Å²) in [5.74, 6) is 0.103. The van der Waals surface area contributed by atoms with E-state index in [1.807, 2.05) is 30.6 Å². The lowest BCUT2D eigenvalue weighted by atomic mass is 9.94. The fourth-order valence-electron chi connectivity index (χ4n) is 3.57. The van der Waals surface area contributed by atoms with E-state index in [4.69, 9.17) is 4.42 Å². The highest BCUT2D eigenvalue weighted by Crippen LogP contribution is 2.27. The van der Waals surface area contributed by atoms with Crippen LogP contribution in [0.2, 0.25) is 0 Å². The summed E-state index contributed by atoms with van der Waals surface area (Å²) >= 11 is 0. The van der Waals surface area contributed by atoms with Gasteiger partial charge in [0.1, 0.15) is 6.26 Å². The van der Waals surface area contributed by atoms with Crippen LogP contribution in [0.4, 0.5) is 5.69 Å². The van der Waals surface area contributed by atoms with Crippen LogP contribution in [0.25, 0.3) is 0 Å². The van der Waals surface area contributed by atoms with E-state index >= 15 is 0 Å². The summed E-state index contributed by atoms with van der Waals surface area (Å²) < 4.78 is 4.99. The zero-order valence-electron chi connectivity index (χ0n) is 15.7. The number of benzene rings is 1. The van der Waals surface area contributed by atoms with Gasteiger partial charge in [0.05, 0.1) is 11.8 Å². The fourth-order valence-corrected chi connectivity index (χ4v) is 3.57. The Morgan fingerprint density at radius 2 is 1.92 bits per heavy atom. The van der Waals surface area contributed by atoms with Crippen molar-refractivity contribution in [2.75, 3.05) is 24.5 Å². The minimum Gasteiger partial charge on any atom is -0.472 e. The molecule has 1 fully saturated rings. The predicted octanol–water partition coefficient (Wildman–Crippen LogP) is 3.80. The minimum absolute atomic E-state index is 0.0217. The molecule has 2 aromatic rings. The molecule has 0 bridgehead atoms. The summed E-state index contributed by atoms with van der Waals surface area (Å²) in [6.07, 6.45) is 4.37. The largest absolute Gasteiger partial charge is 0.472 e. The van der Waals surface area contributed by atoms with Crippen molar-refractivity contribution in [3.8, 4) is 0 Å². The summed E-state index contributed by atoms with van der Waals surface area (Å²) in [5.41, 5.74) is 3.82. The number of furan rings is 1. The number of carbonyl (C=O) groups is 2. The summed E-state index contributed by atoms with van der Waals surface area (Å²) in [5, 5.41) is 0. The van der Waals surface area contributed by atoms with Gasteiger partial charge < -0.3 is 14.2 Å². The third-order valence-electron chi connectivity index (χ3n) is 5.14. The van der Waals surface area contributed by atoms with Crippen LogP contribution >= 0.6 is 0 Å². The van der Waals surface area contributed by atoms with Crippen LogP contribution in [0.1, 0.15) is 41.3 Å². The summed E-state index contributed by atoms with van der Waals surface area (Å²) in [7, 11) is 0. The Balaban J connectivity index is 1.67. The van der Waals surface area contributed by atoms with Gasteiger partial charge in [0.2, 0.25) is 5.91 Å². The number of hydrogen-bond donors (Lipinski definition) is 0.